The summed E-state index contributed by atoms with van der Waals surface area (Å²) in [5.41, 5.74) is 1.27. The second-order valence-corrected chi connectivity index (χ2v) is 7.62. The normalized spacial score (nSPS) is 10.5. The number of ether oxygens (including phenoxy) is 2. The van der Waals surface area contributed by atoms with Crippen molar-refractivity contribution in [3.8, 4) is 11.5 Å². The van der Waals surface area contributed by atoms with E-state index in [0.717, 1.165) is 5.75 Å². The summed E-state index contributed by atoms with van der Waals surface area (Å²) in [4.78, 5) is 24.7. The van der Waals surface area contributed by atoms with Gasteiger partial charge < -0.3 is 24.7 Å². The first-order valence-electron chi connectivity index (χ1n) is 9.96. The van der Waals surface area contributed by atoms with Crippen LogP contribution in [0, 0.1) is 0 Å². The van der Waals surface area contributed by atoms with Gasteiger partial charge in [-0.1, -0.05) is 23.9 Å². The SMILES string of the molecule is CCOc1ccc(NC(=O)CSc2nnc(CC(=O)Nc3ccccc3OC)n2C)cc1. The molecule has 0 saturated heterocycles. The van der Waals surface area contributed by atoms with Gasteiger partial charge in [-0.15, -0.1) is 10.2 Å². The molecule has 2 N–H and O–H groups in total. The number of benzene rings is 2. The van der Waals surface area contributed by atoms with Crippen LogP contribution in [0.1, 0.15) is 12.7 Å². The van der Waals surface area contributed by atoms with Crippen LogP contribution in [0.2, 0.25) is 0 Å². The molecule has 0 unspecified atom stereocenters. The summed E-state index contributed by atoms with van der Waals surface area (Å²) in [6.07, 6.45) is 0.0421. The molecular formula is C22H25N5O4S. The molecule has 0 spiro atoms. The van der Waals surface area contributed by atoms with Crippen molar-refractivity contribution in [3.63, 3.8) is 0 Å². The van der Waals surface area contributed by atoms with Gasteiger partial charge >= 0.3 is 0 Å². The van der Waals surface area contributed by atoms with Gasteiger partial charge in [-0.3, -0.25) is 9.59 Å². The van der Waals surface area contributed by atoms with Gasteiger partial charge in [-0.2, -0.15) is 0 Å². The van der Waals surface area contributed by atoms with E-state index in [1.807, 2.05) is 19.1 Å². The molecule has 1 heterocycles. The number of para-hydroxylation sites is 2. The standard InChI is InChI=1S/C22H25N5O4S/c1-4-31-16-11-9-15(10-12-16)23-21(29)14-32-22-26-25-19(27(22)2)13-20(28)24-17-7-5-6-8-18(17)30-3/h5-12H,4,13-14H2,1-3H3,(H,23,29)(H,24,28). The minimum absolute atomic E-state index is 0.0421. The lowest BCUT2D eigenvalue weighted by Gasteiger charge is -2.09. The number of hydrogen-bond donors (Lipinski definition) is 2. The maximum absolute atomic E-state index is 12.4. The number of anilines is 2. The lowest BCUT2D eigenvalue weighted by molar-refractivity contribution is -0.116. The molecular weight excluding hydrogens is 430 g/mol. The Morgan fingerprint density at radius 2 is 1.78 bits per heavy atom. The van der Waals surface area contributed by atoms with E-state index in [1.54, 1.807) is 55.1 Å². The summed E-state index contributed by atoms with van der Waals surface area (Å²) in [5.74, 6) is 1.57. The Bertz CT molecular complexity index is 1070. The van der Waals surface area contributed by atoms with Crippen LogP contribution < -0.4 is 20.1 Å². The van der Waals surface area contributed by atoms with E-state index in [2.05, 4.69) is 20.8 Å². The minimum atomic E-state index is -0.241. The molecule has 2 aromatic carbocycles. The number of aromatic nitrogens is 3. The first kappa shape index (κ1) is 23.1. The van der Waals surface area contributed by atoms with Gasteiger partial charge in [0, 0.05) is 12.7 Å². The second-order valence-electron chi connectivity index (χ2n) is 6.68. The zero-order valence-electron chi connectivity index (χ0n) is 18.1. The lowest BCUT2D eigenvalue weighted by atomic mass is 10.2. The van der Waals surface area contributed by atoms with Crippen LogP contribution in [0.5, 0.6) is 11.5 Å². The van der Waals surface area contributed by atoms with E-state index in [-0.39, 0.29) is 24.0 Å². The van der Waals surface area contributed by atoms with Crippen LogP contribution in [0.3, 0.4) is 0 Å². The first-order chi connectivity index (χ1) is 15.5. The van der Waals surface area contributed by atoms with Gasteiger partial charge in [0.2, 0.25) is 11.8 Å². The van der Waals surface area contributed by atoms with Gasteiger partial charge in [0.15, 0.2) is 5.16 Å². The Kier molecular flexibility index (Phi) is 8.09. The van der Waals surface area contributed by atoms with Crippen LogP contribution in [0.15, 0.2) is 53.7 Å². The number of rotatable bonds is 10. The fraction of sp³-hybridized carbons (Fsp3) is 0.273. The third-order valence-corrected chi connectivity index (χ3v) is 5.43. The molecule has 0 aliphatic rings. The molecule has 0 aliphatic carbocycles. The van der Waals surface area contributed by atoms with Crippen molar-refractivity contribution < 1.29 is 19.1 Å². The molecule has 0 aliphatic heterocycles. The molecule has 3 rings (SSSR count). The van der Waals surface area contributed by atoms with E-state index < -0.39 is 0 Å². The third kappa shape index (κ3) is 6.24. The molecule has 9 nitrogen and oxygen atoms in total. The van der Waals surface area contributed by atoms with Crippen LogP contribution >= 0.6 is 11.8 Å². The number of nitrogens with zero attached hydrogens (tertiary/aromatic N) is 3. The Hall–Kier alpha value is -3.53. The number of carbonyl (C=O) groups is 2. The molecule has 1 aromatic heterocycles. The smallest absolute Gasteiger partial charge is 0.234 e. The zero-order valence-corrected chi connectivity index (χ0v) is 18.9. The van der Waals surface area contributed by atoms with Gasteiger partial charge in [-0.05, 0) is 43.3 Å². The number of nitrogens with one attached hydrogen (secondary N) is 2. The third-order valence-electron chi connectivity index (χ3n) is 4.41. The number of thioether (sulfide) groups is 1. The average Bonchev–Trinajstić information content (AvgIpc) is 3.13. The monoisotopic (exact) mass is 455 g/mol. The Balaban J connectivity index is 1.51. The van der Waals surface area contributed by atoms with Crippen LogP contribution in [0.25, 0.3) is 0 Å². The van der Waals surface area contributed by atoms with Crippen LogP contribution in [0.4, 0.5) is 11.4 Å². The molecule has 0 bridgehead atoms. The van der Waals surface area contributed by atoms with Crippen molar-refractivity contribution in [3.05, 3.63) is 54.4 Å². The highest BCUT2D eigenvalue weighted by atomic mass is 32.2. The number of hydrogen-bond acceptors (Lipinski definition) is 7. The molecule has 0 atom stereocenters. The quantitative estimate of drug-likeness (QED) is 0.452. The molecule has 3 aromatic rings. The summed E-state index contributed by atoms with van der Waals surface area (Å²) in [6.45, 7) is 2.50. The maximum atomic E-state index is 12.4. The van der Waals surface area contributed by atoms with Crippen molar-refractivity contribution in [2.45, 2.75) is 18.5 Å². The average molecular weight is 456 g/mol. The fourth-order valence-electron chi connectivity index (χ4n) is 2.84. The summed E-state index contributed by atoms with van der Waals surface area (Å²) in [7, 11) is 3.31. The van der Waals surface area contributed by atoms with E-state index >= 15 is 0 Å². The first-order valence-corrected chi connectivity index (χ1v) is 10.9. The Labute approximate surface area is 190 Å². The van der Waals surface area contributed by atoms with E-state index in [4.69, 9.17) is 9.47 Å². The topological polar surface area (TPSA) is 107 Å². The zero-order chi connectivity index (χ0) is 22.9. The predicted octanol–water partition coefficient (Wildman–Crippen LogP) is 3.13. The number of methoxy groups -OCH3 is 1. The highest BCUT2D eigenvalue weighted by molar-refractivity contribution is 7.99. The summed E-state index contributed by atoms with van der Waals surface area (Å²) in [6, 6.07) is 14.3. The number of carbonyl (C=O) groups excluding carboxylic acids is 2. The predicted molar refractivity (Wildman–Crippen MR) is 123 cm³/mol. The van der Waals surface area contributed by atoms with Crippen LogP contribution in [-0.2, 0) is 23.1 Å². The highest BCUT2D eigenvalue weighted by Gasteiger charge is 2.15. The molecule has 0 radical (unpaired) electrons. The second kappa shape index (κ2) is 11.2. The van der Waals surface area contributed by atoms with Gasteiger partial charge in [0.1, 0.15) is 17.3 Å². The van der Waals surface area contributed by atoms with Crippen molar-refractivity contribution in [1.82, 2.24) is 14.8 Å². The van der Waals surface area contributed by atoms with Crippen molar-refractivity contribution >= 4 is 35.0 Å². The highest BCUT2D eigenvalue weighted by Crippen LogP contribution is 2.23. The largest absolute Gasteiger partial charge is 0.495 e. The summed E-state index contributed by atoms with van der Waals surface area (Å²) < 4.78 is 12.3. The molecule has 2 amide bonds. The van der Waals surface area contributed by atoms with E-state index in [9.17, 15) is 9.59 Å². The number of amides is 2. The van der Waals surface area contributed by atoms with Crippen molar-refractivity contribution in [1.29, 1.82) is 0 Å². The lowest BCUT2D eigenvalue weighted by Crippen LogP contribution is -2.17. The molecule has 0 fully saturated rings. The summed E-state index contributed by atoms with van der Waals surface area (Å²) >= 11 is 1.24. The van der Waals surface area contributed by atoms with Crippen molar-refractivity contribution in [2.24, 2.45) is 7.05 Å². The Morgan fingerprint density at radius 1 is 1.03 bits per heavy atom. The molecule has 0 saturated carbocycles. The van der Waals surface area contributed by atoms with Gasteiger partial charge in [-0.25, -0.2) is 0 Å². The molecule has 10 heteroatoms. The van der Waals surface area contributed by atoms with E-state index in [1.165, 1.54) is 11.8 Å². The van der Waals surface area contributed by atoms with E-state index in [0.29, 0.717) is 34.7 Å². The minimum Gasteiger partial charge on any atom is -0.495 e. The fourth-order valence-corrected chi connectivity index (χ4v) is 3.57. The molecule has 168 valence electrons. The summed E-state index contributed by atoms with van der Waals surface area (Å²) in [5, 5.41) is 14.4. The van der Waals surface area contributed by atoms with Gasteiger partial charge in [0.25, 0.3) is 0 Å². The van der Waals surface area contributed by atoms with Crippen LogP contribution in [-0.4, -0.2) is 46.0 Å². The van der Waals surface area contributed by atoms with Gasteiger partial charge in [0.05, 0.1) is 31.6 Å². The maximum Gasteiger partial charge on any atom is 0.234 e. The molecule has 32 heavy (non-hydrogen) atoms. The Morgan fingerprint density at radius 3 is 2.50 bits per heavy atom. The van der Waals surface area contributed by atoms with Crippen molar-refractivity contribution in [2.75, 3.05) is 30.1 Å².